The van der Waals surface area contributed by atoms with E-state index in [0.717, 1.165) is 0 Å². The van der Waals surface area contributed by atoms with Gasteiger partial charge >= 0.3 is 6.18 Å². The molecule has 1 aliphatic rings. The Morgan fingerprint density at radius 2 is 1.94 bits per heavy atom. The first kappa shape index (κ1) is 14.2. The van der Waals surface area contributed by atoms with Crippen molar-refractivity contribution in [3.63, 3.8) is 0 Å². The third-order valence-corrected chi connectivity index (χ3v) is 2.67. The molecule has 0 aliphatic carbocycles. The Kier molecular flexibility index (Phi) is 4.76. The number of aliphatic hydroxyl groups is 1. The lowest BCUT2D eigenvalue weighted by molar-refractivity contribution is -0.144. The topological polar surface area (TPSA) is 58.6 Å². The second-order valence-electron chi connectivity index (χ2n) is 4.23. The van der Waals surface area contributed by atoms with Gasteiger partial charge < -0.3 is 15.2 Å². The Morgan fingerprint density at radius 1 is 1.35 bits per heavy atom. The first-order valence-electron chi connectivity index (χ1n) is 5.44. The van der Waals surface area contributed by atoms with Crippen LogP contribution in [0.1, 0.15) is 25.7 Å². The highest BCUT2D eigenvalue weighted by Crippen LogP contribution is 2.22. The van der Waals surface area contributed by atoms with Crippen molar-refractivity contribution in [2.24, 2.45) is 0 Å². The fourth-order valence-corrected chi connectivity index (χ4v) is 1.53. The minimum Gasteiger partial charge on any atom is -0.388 e. The number of rotatable bonds is 4. The number of carbonyl (C=O) groups is 1. The molecule has 4 nitrogen and oxygen atoms in total. The van der Waals surface area contributed by atoms with E-state index < -0.39 is 30.5 Å². The molecule has 2 N–H and O–H groups in total. The highest BCUT2D eigenvalue weighted by molar-refractivity contribution is 5.75. The lowest BCUT2D eigenvalue weighted by Crippen LogP contribution is -2.46. The van der Waals surface area contributed by atoms with Gasteiger partial charge in [-0.05, 0) is 0 Å². The van der Waals surface area contributed by atoms with Crippen LogP contribution in [0.4, 0.5) is 13.2 Å². The van der Waals surface area contributed by atoms with Gasteiger partial charge in [0.15, 0.2) is 0 Å². The van der Waals surface area contributed by atoms with E-state index in [1.54, 1.807) is 0 Å². The minimum absolute atomic E-state index is 0.0208. The molecule has 0 unspecified atom stereocenters. The number of halogens is 3. The number of hydrogen-bond acceptors (Lipinski definition) is 3. The van der Waals surface area contributed by atoms with Crippen LogP contribution < -0.4 is 5.32 Å². The third kappa shape index (κ3) is 5.88. The van der Waals surface area contributed by atoms with Crippen LogP contribution in [0.25, 0.3) is 0 Å². The summed E-state index contributed by atoms with van der Waals surface area (Å²) in [4.78, 5) is 11.1. The molecule has 1 saturated heterocycles. The molecule has 1 aliphatic heterocycles. The SMILES string of the molecule is O=C(CCC(F)(F)F)NCC1(O)CCOCC1. The molecule has 0 atom stereocenters. The molecule has 17 heavy (non-hydrogen) atoms. The van der Waals surface area contributed by atoms with Crippen LogP contribution in [-0.4, -0.2) is 42.5 Å². The third-order valence-electron chi connectivity index (χ3n) is 2.67. The highest BCUT2D eigenvalue weighted by atomic mass is 19.4. The molecule has 1 heterocycles. The minimum atomic E-state index is -4.33. The molecule has 7 heteroatoms. The zero-order valence-corrected chi connectivity index (χ0v) is 9.35. The standard InChI is InChI=1S/C10H16F3NO3/c11-10(12,13)2-1-8(15)14-7-9(16)3-5-17-6-4-9/h16H,1-7H2,(H,14,15). The monoisotopic (exact) mass is 255 g/mol. The Hall–Kier alpha value is -0.820. The molecule has 0 aromatic rings. The molecule has 0 saturated carbocycles. The maximum absolute atomic E-state index is 11.8. The fourth-order valence-electron chi connectivity index (χ4n) is 1.53. The molecule has 0 radical (unpaired) electrons. The van der Waals surface area contributed by atoms with Gasteiger partial charge in [-0.15, -0.1) is 0 Å². The predicted molar refractivity (Wildman–Crippen MR) is 53.3 cm³/mol. The summed E-state index contributed by atoms with van der Waals surface area (Å²) >= 11 is 0. The Bertz CT molecular complexity index is 262. The van der Waals surface area contributed by atoms with Crippen molar-refractivity contribution < 1.29 is 27.8 Å². The van der Waals surface area contributed by atoms with Crippen LogP contribution >= 0.6 is 0 Å². The van der Waals surface area contributed by atoms with Gasteiger partial charge in [0.2, 0.25) is 5.91 Å². The summed E-state index contributed by atoms with van der Waals surface area (Å²) in [5, 5.41) is 12.3. The first-order valence-corrected chi connectivity index (χ1v) is 5.44. The Balaban J connectivity index is 2.23. The quantitative estimate of drug-likeness (QED) is 0.787. The van der Waals surface area contributed by atoms with Gasteiger partial charge in [-0.25, -0.2) is 0 Å². The van der Waals surface area contributed by atoms with Crippen molar-refractivity contribution in [1.29, 1.82) is 0 Å². The molecule has 1 rings (SSSR count). The van der Waals surface area contributed by atoms with Crippen LogP contribution in [0.3, 0.4) is 0 Å². The molecular formula is C10H16F3NO3. The molecule has 0 aromatic heterocycles. The van der Waals surface area contributed by atoms with E-state index in [2.05, 4.69) is 5.32 Å². The second-order valence-corrected chi connectivity index (χ2v) is 4.23. The van der Waals surface area contributed by atoms with E-state index in [1.807, 2.05) is 0 Å². The Morgan fingerprint density at radius 3 is 2.47 bits per heavy atom. The van der Waals surface area contributed by atoms with E-state index in [-0.39, 0.29) is 6.54 Å². The summed E-state index contributed by atoms with van der Waals surface area (Å²) < 4.78 is 40.6. The molecule has 100 valence electrons. The van der Waals surface area contributed by atoms with Crippen LogP contribution in [0.15, 0.2) is 0 Å². The van der Waals surface area contributed by atoms with E-state index in [4.69, 9.17) is 4.74 Å². The molecular weight excluding hydrogens is 239 g/mol. The molecule has 1 amide bonds. The summed E-state index contributed by atoms with van der Waals surface area (Å²) in [7, 11) is 0. The maximum atomic E-state index is 11.8. The maximum Gasteiger partial charge on any atom is 0.389 e. The zero-order chi connectivity index (χ0) is 12.9. The highest BCUT2D eigenvalue weighted by Gasteiger charge is 2.31. The zero-order valence-electron chi connectivity index (χ0n) is 9.35. The molecule has 0 spiro atoms. The van der Waals surface area contributed by atoms with Crippen molar-refractivity contribution in [2.75, 3.05) is 19.8 Å². The van der Waals surface area contributed by atoms with E-state index in [1.165, 1.54) is 0 Å². The number of nitrogens with one attached hydrogen (secondary N) is 1. The second kappa shape index (κ2) is 5.68. The fraction of sp³-hybridized carbons (Fsp3) is 0.900. The van der Waals surface area contributed by atoms with Crippen LogP contribution in [0, 0.1) is 0 Å². The molecule has 0 aromatic carbocycles. The van der Waals surface area contributed by atoms with Crippen LogP contribution in [0.5, 0.6) is 0 Å². The number of amides is 1. The van der Waals surface area contributed by atoms with Crippen LogP contribution in [-0.2, 0) is 9.53 Å². The first-order chi connectivity index (χ1) is 7.81. The van der Waals surface area contributed by atoms with Gasteiger partial charge in [-0.2, -0.15) is 13.2 Å². The molecule has 1 fully saturated rings. The van der Waals surface area contributed by atoms with E-state index in [0.29, 0.717) is 26.1 Å². The summed E-state index contributed by atoms with van der Waals surface area (Å²) in [5.41, 5.74) is -1.05. The predicted octanol–water partition coefficient (Wildman–Crippen LogP) is 0.987. The van der Waals surface area contributed by atoms with Crippen molar-refractivity contribution in [1.82, 2.24) is 5.32 Å². The van der Waals surface area contributed by atoms with Gasteiger partial charge in [0, 0.05) is 39.0 Å². The number of ether oxygens (including phenoxy) is 1. The molecule has 0 bridgehead atoms. The summed E-state index contributed by atoms with van der Waals surface area (Å²) in [6, 6.07) is 0. The Labute approximate surface area is 97.1 Å². The lowest BCUT2D eigenvalue weighted by Gasteiger charge is -2.32. The largest absolute Gasteiger partial charge is 0.389 e. The van der Waals surface area contributed by atoms with E-state index in [9.17, 15) is 23.1 Å². The van der Waals surface area contributed by atoms with Gasteiger partial charge in [0.1, 0.15) is 0 Å². The average Bonchev–Trinajstić information content (AvgIpc) is 2.24. The average molecular weight is 255 g/mol. The van der Waals surface area contributed by atoms with Gasteiger partial charge in [0.25, 0.3) is 0 Å². The van der Waals surface area contributed by atoms with Crippen molar-refractivity contribution in [2.45, 2.75) is 37.5 Å². The smallest absolute Gasteiger partial charge is 0.388 e. The van der Waals surface area contributed by atoms with Crippen LogP contribution in [0.2, 0.25) is 0 Å². The number of alkyl halides is 3. The lowest BCUT2D eigenvalue weighted by atomic mass is 9.94. The summed E-state index contributed by atoms with van der Waals surface area (Å²) in [6.45, 7) is 0.775. The number of carbonyl (C=O) groups excluding carboxylic acids is 1. The summed E-state index contributed by atoms with van der Waals surface area (Å²) in [5.74, 6) is -0.692. The summed E-state index contributed by atoms with van der Waals surface area (Å²) in [6.07, 6.45) is -5.30. The van der Waals surface area contributed by atoms with E-state index >= 15 is 0 Å². The van der Waals surface area contributed by atoms with Gasteiger partial charge in [-0.3, -0.25) is 4.79 Å². The normalized spacial score (nSPS) is 20.0. The van der Waals surface area contributed by atoms with Crippen molar-refractivity contribution in [3.8, 4) is 0 Å². The van der Waals surface area contributed by atoms with Crippen molar-refractivity contribution >= 4 is 5.91 Å². The van der Waals surface area contributed by atoms with Gasteiger partial charge in [0.05, 0.1) is 12.0 Å². The van der Waals surface area contributed by atoms with Crippen molar-refractivity contribution in [3.05, 3.63) is 0 Å². The van der Waals surface area contributed by atoms with Gasteiger partial charge in [-0.1, -0.05) is 0 Å². The number of hydrogen-bond donors (Lipinski definition) is 2.